The number of anilines is 1. The van der Waals surface area contributed by atoms with Gasteiger partial charge < -0.3 is 9.64 Å². The standard InChI is InChI=1S/C33H38N2O7S3/c1-4-25(21-33-35(14-8-9-16-44(36,37)38)29-18-23(2)24(3)19-31(29)43-33)20-32-34(15-17-45(39,40)41)28-22-27(12-13-30(28)42-32)26-10-6-5-7-11-26/h5-7,10-13,18-22,32H,4,8-9,14-17H2,1-3H3,(H,36,37,38)(H,39,40,41)/p+1. The van der Waals surface area contributed by atoms with Gasteiger partial charge in [0, 0.05) is 23.6 Å². The van der Waals surface area contributed by atoms with Crippen LogP contribution in [0.2, 0.25) is 0 Å². The van der Waals surface area contributed by atoms with E-state index in [1.54, 1.807) is 11.8 Å². The van der Waals surface area contributed by atoms with Gasteiger partial charge in [-0.25, -0.2) is 0 Å². The van der Waals surface area contributed by atoms with Crippen LogP contribution in [0.4, 0.5) is 11.4 Å². The number of nitrogens with one attached hydrogen (secondary N) is 1. The molecule has 3 aromatic rings. The summed E-state index contributed by atoms with van der Waals surface area (Å²) < 4.78 is 71.3. The van der Waals surface area contributed by atoms with Crippen molar-refractivity contribution in [2.45, 2.75) is 51.2 Å². The average molecular weight is 672 g/mol. The third-order valence-corrected chi connectivity index (χ3v) is 10.7. The quantitative estimate of drug-likeness (QED) is 0.168. The zero-order valence-electron chi connectivity index (χ0n) is 25.6. The van der Waals surface area contributed by atoms with Gasteiger partial charge in [0.05, 0.1) is 16.5 Å². The molecular weight excluding hydrogens is 633 g/mol. The summed E-state index contributed by atoms with van der Waals surface area (Å²) in [5, 5.41) is 0.997. The Balaban J connectivity index is 1.46. The molecule has 2 atom stereocenters. The van der Waals surface area contributed by atoms with E-state index in [1.807, 2.05) is 61.5 Å². The first kappa shape index (κ1) is 33.2. The van der Waals surface area contributed by atoms with Crippen molar-refractivity contribution < 1.29 is 35.6 Å². The van der Waals surface area contributed by atoms with Crippen molar-refractivity contribution in [3.63, 3.8) is 0 Å². The fraction of sp³-hybridized carbons (Fsp3) is 0.333. The molecule has 0 bridgehead atoms. The number of allylic oxidation sites excluding steroid dienone is 2. The summed E-state index contributed by atoms with van der Waals surface area (Å²) in [4.78, 5) is 4.10. The Labute approximate surface area is 270 Å². The van der Waals surface area contributed by atoms with Crippen LogP contribution in [-0.4, -0.2) is 56.8 Å². The Kier molecular flexibility index (Phi) is 10.1. The third-order valence-electron chi connectivity index (χ3n) is 8.12. The summed E-state index contributed by atoms with van der Waals surface area (Å²) in [6, 6.07) is 20.2. The summed E-state index contributed by atoms with van der Waals surface area (Å²) in [5.41, 5.74) is 7.26. The Morgan fingerprint density at radius 1 is 0.933 bits per heavy atom. The van der Waals surface area contributed by atoms with Gasteiger partial charge in [0.25, 0.3) is 26.5 Å². The van der Waals surface area contributed by atoms with Crippen molar-refractivity contribution in [2.75, 3.05) is 29.5 Å². The monoisotopic (exact) mass is 671 g/mol. The molecule has 5 rings (SSSR count). The lowest BCUT2D eigenvalue weighted by atomic mass is 10.0. The number of benzene rings is 3. The zero-order valence-corrected chi connectivity index (χ0v) is 28.0. The molecule has 240 valence electrons. The molecule has 0 saturated carbocycles. The second-order valence-electron chi connectivity index (χ2n) is 11.4. The van der Waals surface area contributed by atoms with Crippen molar-refractivity contribution in [2.24, 2.45) is 0 Å². The van der Waals surface area contributed by atoms with E-state index in [-0.39, 0.29) is 12.3 Å². The van der Waals surface area contributed by atoms with Gasteiger partial charge in [-0.3, -0.25) is 14.0 Å². The minimum absolute atomic E-state index is 0.122. The lowest BCUT2D eigenvalue weighted by Crippen LogP contribution is -3.10. The molecule has 2 aliphatic rings. The maximum Gasteiger partial charge on any atom is 0.270 e. The van der Waals surface area contributed by atoms with Gasteiger partial charge >= 0.3 is 0 Å². The minimum atomic E-state index is -4.19. The molecule has 0 spiro atoms. The minimum Gasteiger partial charge on any atom is -0.432 e. The Hall–Kier alpha value is -3.13. The van der Waals surface area contributed by atoms with E-state index < -0.39 is 32.2 Å². The lowest BCUT2D eigenvalue weighted by Gasteiger charge is -2.22. The van der Waals surface area contributed by atoms with E-state index in [1.165, 1.54) is 5.56 Å². The van der Waals surface area contributed by atoms with Crippen molar-refractivity contribution in [1.82, 2.24) is 0 Å². The van der Waals surface area contributed by atoms with Gasteiger partial charge in [-0.1, -0.05) is 55.1 Å². The Morgan fingerprint density at radius 2 is 1.64 bits per heavy atom. The van der Waals surface area contributed by atoms with Crippen molar-refractivity contribution in [3.8, 4) is 16.9 Å². The first-order valence-electron chi connectivity index (χ1n) is 14.9. The van der Waals surface area contributed by atoms with Crippen LogP contribution >= 0.6 is 11.8 Å². The summed E-state index contributed by atoms with van der Waals surface area (Å²) >= 11 is 1.65. The lowest BCUT2D eigenvalue weighted by molar-refractivity contribution is -0.859. The van der Waals surface area contributed by atoms with Gasteiger partial charge in [-0.15, -0.1) is 0 Å². The summed E-state index contributed by atoms with van der Waals surface area (Å²) in [6.07, 6.45) is 5.22. The van der Waals surface area contributed by atoms with Gasteiger partial charge in [0.1, 0.15) is 12.3 Å². The van der Waals surface area contributed by atoms with Crippen LogP contribution in [-0.2, 0) is 20.2 Å². The highest BCUT2D eigenvalue weighted by Crippen LogP contribution is 2.47. The van der Waals surface area contributed by atoms with E-state index in [9.17, 15) is 25.9 Å². The molecule has 0 radical (unpaired) electrons. The number of ether oxygens (including phenoxy) is 1. The first-order chi connectivity index (χ1) is 21.3. The number of nitrogens with zero attached hydrogens (tertiary/aromatic N) is 1. The van der Waals surface area contributed by atoms with Crippen LogP contribution < -0.4 is 14.5 Å². The molecule has 0 fully saturated rings. The van der Waals surface area contributed by atoms with E-state index in [4.69, 9.17) is 4.74 Å². The molecule has 0 amide bonds. The number of fused-ring (bicyclic) bond motifs is 2. The first-order valence-corrected chi connectivity index (χ1v) is 19.0. The largest absolute Gasteiger partial charge is 0.432 e. The topological polar surface area (TPSA) is 126 Å². The average Bonchev–Trinajstić information content (AvgIpc) is 3.49. The SMILES string of the molecule is CCC(=CC1Oc2ccc(-c3ccccc3)cc2[NH+]1CCS(=O)(=O)O)C=C1Sc2cc(C)c(C)cc2N1CCCCS(=O)(=O)O. The molecule has 3 N–H and O–H groups in total. The van der Waals surface area contributed by atoms with Crippen LogP contribution in [0, 0.1) is 13.8 Å². The highest BCUT2D eigenvalue weighted by atomic mass is 32.2. The van der Waals surface area contributed by atoms with E-state index in [2.05, 4.69) is 37.0 Å². The molecule has 0 aliphatic carbocycles. The molecule has 0 aromatic heterocycles. The molecular formula is C33H39N2O7S3+. The van der Waals surface area contributed by atoms with Gasteiger partial charge in [0.15, 0.2) is 11.4 Å². The zero-order chi connectivity index (χ0) is 32.4. The van der Waals surface area contributed by atoms with Crippen LogP contribution in [0.1, 0.15) is 37.3 Å². The molecule has 2 unspecified atom stereocenters. The van der Waals surface area contributed by atoms with E-state index in [0.29, 0.717) is 31.6 Å². The highest BCUT2D eigenvalue weighted by Gasteiger charge is 2.36. The number of aryl methyl sites for hydroxylation is 2. The number of quaternary nitrogens is 1. The van der Waals surface area contributed by atoms with E-state index >= 15 is 0 Å². The Bertz CT molecular complexity index is 1840. The predicted octanol–water partition coefficient (Wildman–Crippen LogP) is 5.55. The molecule has 0 saturated heterocycles. The summed E-state index contributed by atoms with van der Waals surface area (Å²) in [7, 11) is -8.21. The molecule has 12 heteroatoms. The van der Waals surface area contributed by atoms with Crippen LogP contribution in [0.15, 0.2) is 88.3 Å². The maximum atomic E-state index is 11.8. The molecule has 9 nitrogen and oxygen atoms in total. The van der Waals surface area contributed by atoms with Gasteiger partial charge in [-0.05, 0) is 85.2 Å². The van der Waals surface area contributed by atoms with Crippen molar-refractivity contribution >= 4 is 43.4 Å². The fourth-order valence-electron chi connectivity index (χ4n) is 5.57. The maximum absolute atomic E-state index is 11.8. The molecule has 2 aliphatic heterocycles. The second kappa shape index (κ2) is 13.7. The number of unbranched alkanes of at least 4 members (excludes halogenated alkanes) is 1. The smallest absolute Gasteiger partial charge is 0.270 e. The van der Waals surface area contributed by atoms with E-state index in [0.717, 1.165) is 48.5 Å². The molecule has 3 aromatic carbocycles. The van der Waals surface area contributed by atoms with Gasteiger partial charge in [-0.2, -0.15) is 16.8 Å². The predicted molar refractivity (Wildman–Crippen MR) is 179 cm³/mol. The number of hydrogen-bond donors (Lipinski definition) is 3. The van der Waals surface area contributed by atoms with Crippen LogP contribution in [0.3, 0.4) is 0 Å². The highest BCUT2D eigenvalue weighted by molar-refractivity contribution is 8.03. The number of rotatable bonds is 12. The third kappa shape index (κ3) is 8.37. The summed E-state index contributed by atoms with van der Waals surface area (Å²) in [5.74, 6) is -0.0199. The summed E-state index contributed by atoms with van der Waals surface area (Å²) in [6.45, 7) is 6.90. The Morgan fingerprint density at radius 3 is 2.33 bits per heavy atom. The van der Waals surface area contributed by atoms with Crippen LogP contribution in [0.5, 0.6) is 5.75 Å². The number of thioether (sulfide) groups is 1. The molecule has 2 heterocycles. The van der Waals surface area contributed by atoms with Gasteiger partial charge in [0.2, 0.25) is 0 Å². The van der Waals surface area contributed by atoms with Crippen LogP contribution in [0.25, 0.3) is 11.1 Å². The van der Waals surface area contributed by atoms with Crippen molar-refractivity contribution in [1.29, 1.82) is 0 Å². The molecule has 45 heavy (non-hydrogen) atoms. The number of hydrogen-bond acceptors (Lipinski definition) is 7. The van der Waals surface area contributed by atoms with Crippen molar-refractivity contribution in [3.05, 3.63) is 94.5 Å². The second-order valence-corrected chi connectivity index (χ2v) is 15.6. The normalized spacial score (nSPS) is 19.1. The fourth-order valence-corrected chi connectivity index (χ4v) is 7.86.